The molecule has 0 spiro atoms. The minimum absolute atomic E-state index is 0.231. The molecular weight excluding hydrogens is 334 g/mol. The predicted octanol–water partition coefficient (Wildman–Crippen LogP) is 2.07. The van der Waals surface area contributed by atoms with Crippen LogP contribution in [0.25, 0.3) is 0 Å². The summed E-state index contributed by atoms with van der Waals surface area (Å²) in [5.74, 6) is -0.638. The number of nitrogens with one attached hydrogen (secondary N) is 1. The molecule has 0 aromatic carbocycles. The summed E-state index contributed by atoms with van der Waals surface area (Å²) < 4.78 is 6.34. The molecule has 1 aromatic rings. The number of halogens is 2. The minimum Gasteiger partial charge on any atom is -0.481 e. The molecule has 0 aliphatic carbocycles. The summed E-state index contributed by atoms with van der Waals surface area (Å²) in [6.45, 7) is 0. The molecule has 0 aliphatic heterocycles. The molecule has 1 atom stereocenters. The van der Waals surface area contributed by atoms with Gasteiger partial charge in [-0.15, -0.1) is 0 Å². The first-order valence-electron chi connectivity index (χ1n) is 3.90. The van der Waals surface area contributed by atoms with Gasteiger partial charge in [-0.05, 0) is 37.9 Å². The molecule has 0 fully saturated rings. The van der Waals surface area contributed by atoms with Gasteiger partial charge in [0.2, 0.25) is 6.41 Å². The van der Waals surface area contributed by atoms with Gasteiger partial charge >= 0.3 is 5.97 Å². The number of carboxylic acids is 1. The quantitative estimate of drug-likeness (QED) is 0.804. The van der Waals surface area contributed by atoms with E-state index in [2.05, 4.69) is 37.2 Å². The second-order valence-corrected chi connectivity index (χ2v) is 4.28. The maximum atomic E-state index is 10.5. The number of rotatable bonds is 5. The van der Waals surface area contributed by atoms with Gasteiger partial charge in [-0.2, -0.15) is 0 Å². The number of carbonyl (C=O) groups excluding carboxylic acids is 1. The molecule has 82 valence electrons. The summed E-state index contributed by atoms with van der Waals surface area (Å²) in [4.78, 5) is 20.8. The lowest BCUT2D eigenvalue weighted by atomic mass is 10.1. The molecule has 0 radical (unpaired) electrons. The van der Waals surface area contributed by atoms with Crippen LogP contribution in [0.15, 0.2) is 19.6 Å². The van der Waals surface area contributed by atoms with Crippen LogP contribution >= 0.6 is 31.9 Å². The van der Waals surface area contributed by atoms with E-state index in [0.29, 0.717) is 21.3 Å². The Kier molecular flexibility index (Phi) is 4.34. The Morgan fingerprint density at radius 1 is 1.67 bits per heavy atom. The molecule has 1 aromatic heterocycles. The molecule has 1 unspecified atom stereocenters. The highest BCUT2D eigenvalue weighted by Gasteiger charge is 2.19. The highest BCUT2D eigenvalue weighted by molar-refractivity contribution is 9.13. The van der Waals surface area contributed by atoms with E-state index >= 15 is 0 Å². The Morgan fingerprint density at radius 3 is 2.73 bits per heavy atom. The van der Waals surface area contributed by atoms with Gasteiger partial charge in [0, 0.05) is 0 Å². The third kappa shape index (κ3) is 3.35. The maximum absolute atomic E-state index is 10.5. The Bertz CT molecular complexity index is 357. The van der Waals surface area contributed by atoms with Gasteiger partial charge in [0.05, 0.1) is 16.9 Å². The van der Waals surface area contributed by atoms with Crippen molar-refractivity contribution in [2.75, 3.05) is 0 Å². The van der Waals surface area contributed by atoms with Crippen LogP contribution in [0.2, 0.25) is 0 Å². The molecular formula is C8H7Br2NO4. The average Bonchev–Trinajstić information content (AvgIpc) is 2.46. The monoisotopic (exact) mass is 339 g/mol. The van der Waals surface area contributed by atoms with Crippen molar-refractivity contribution >= 4 is 44.2 Å². The molecule has 15 heavy (non-hydrogen) atoms. The third-order valence-electron chi connectivity index (χ3n) is 1.66. The molecule has 1 heterocycles. The van der Waals surface area contributed by atoms with E-state index < -0.39 is 12.0 Å². The van der Waals surface area contributed by atoms with Crippen molar-refractivity contribution in [1.82, 2.24) is 5.32 Å². The summed E-state index contributed by atoms with van der Waals surface area (Å²) in [5.41, 5.74) is 0. The molecule has 5 nitrogen and oxygen atoms in total. The lowest BCUT2D eigenvalue weighted by Gasteiger charge is -2.09. The Hall–Kier alpha value is -0.820. The number of hydrogen-bond acceptors (Lipinski definition) is 3. The van der Waals surface area contributed by atoms with Crippen molar-refractivity contribution < 1.29 is 19.1 Å². The van der Waals surface area contributed by atoms with Gasteiger partial charge < -0.3 is 14.8 Å². The van der Waals surface area contributed by atoms with Crippen LogP contribution in [0.5, 0.6) is 0 Å². The topological polar surface area (TPSA) is 79.5 Å². The van der Waals surface area contributed by atoms with E-state index in [4.69, 9.17) is 9.52 Å². The highest BCUT2D eigenvalue weighted by atomic mass is 79.9. The van der Waals surface area contributed by atoms with Gasteiger partial charge in [-0.3, -0.25) is 9.59 Å². The van der Waals surface area contributed by atoms with Crippen LogP contribution in [-0.2, 0) is 9.59 Å². The molecule has 0 aliphatic rings. The first-order valence-corrected chi connectivity index (χ1v) is 5.49. The van der Waals surface area contributed by atoms with Crippen molar-refractivity contribution in [2.24, 2.45) is 0 Å². The van der Waals surface area contributed by atoms with Crippen LogP contribution in [-0.4, -0.2) is 17.5 Å². The third-order valence-corrected chi connectivity index (χ3v) is 3.37. The SMILES string of the molecule is O=CNC(CC(=O)O)c1cc(Br)c(Br)o1. The van der Waals surface area contributed by atoms with Gasteiger partial charge in [0.1, 0.15) is 5.76 Å². The van der Waals surface area contributed by atoms with Gasteiger partial charge in [-0.25, -0.2) is 0 Å². The van der Waals surface area contributed by atoms with E-state index in [0.717, 1.165) is 0 Å². The highest BCUT2D eigenvalue weighted by Crippen LogP contribution is 2.30. The summed E-state index contributed by atoms with van der Waals surface area (Å²) in [5, 5.41) is 11.0. The summed E-state index contributed by atoms with van der Waals surface area (Å²) in [7, 11) is 0. The van der Waals surface area contributed by atoms with E-state index in [-0.39, 0.29) is 6.42 Å². The summed E-state index contributed by atoms with van der Waals surface area (Å²) in [6, 6.07) is 0.941. The van der Waals surface area contributed by atoms with Crippen LogP contribution in [0.3, 0.4) is 0 Å². The first-order chi connectivity index (χ1) is 7.04. The molecule has 0 saturated heterocycles. The van der Waals surface area contributed by atoms with E-state index in [1.54, 1.807) is 6.07 Å². The summed E-state index contributed by atoms with van der Waals surface area (Å²) >= 11 is 6.32. The van der Waals surface area contributed by atoms with Gasteiger partial charge in [0.25, 0.3) is 0 Å². The van der Waals surface area contributed by atoms with Crippen molar-refractivity contribution in [3.05, 3.63) is 21.0 Å². The number of carboxylic acid groups (broad SMARTS) is 1. The second kappa shape index (κ2) is 5.32. The Morgan fingerprint density at radius 2 is 2.33 bits per heavy atom. The fourth-order valence-corrected chi connectivity index (χ4v) is 1.64. The number of aliphatic carboxylic acids is 1. The average molecular weight is 341 g/mol. The number of carbonyl (C=O) groups is 2. The van der Waals surface area contributed by atoms with Crippen molar-refractivity contribution in [2.45, 2.75) is 12.5 Å². The molecule has 1 rings (SSSR count). The smallest absolute Gasteiger partial charge is 0.305 e. The van der Waals surface area contributed by atoms with E-state index in [9.17, 15) is 9.59 Å². The zero-order valence-corrected chi connectivity index (χ0v) is 10.5. The fraction of sp³-hybridized carbons (Fsp3) is 0.250. The van der Waals surface area contributed by atoms with Crippen molar-refractivity contribution in [3.63, 3.8) is 0 Å². The minimum atomic E-state index is -1.02. The Balaban J connectivity index is 2.87. The standard InChI is InChI=1S/C8H7Br2NO4/c9-4-1-6(15-8(4)10)5(11-3-12)2-7(13)14/h1,3,5H,2H2,(H,11,12)(H,13,14). The predicted molar refractivity (Wildman–Crippen MR) is 58.3 cm³/mol. The maximum Gasteiger partial charge on any atom is 0.305 e. The largest absolute Gasteiger partial charge is 0.481 e. The molecule has 2 N–H and O–H groups in total. The molecule has 7 heteroatoms. The van der Waals surface area contributed by atoms with Crippen LogP contribution < -0.4 is 5.32 Å². The number of amides is 1. The van der Waals surface area contributed by atoms with Gasteiger partial charge in [-0.1, -0.05) is 0 Å². The second-order valence-electron chi connectivity index (χ2n) is 2.71. The number of hydrogen-bond donors (Lipinski definition) is 2. The van der Waals surface area contributed by atoms with Crippen molar-refractivity contribution in [3.8, 4) is 0 Å². The number of furan rings is 1. The van der Waals surface area contributed by atoms with E-state index in [1.807, 2.05) is 0 Å². The summed E-state index contributed by atoms with van der Waals surface area (Å²) in [6.07, 6.45) is 0.211. The van der Waals surface area contributed by atoms with Crippen LogP contribution in [0.1, 0.15) is 18.2 Å². The van der Waals surface area contributed by atoms with Crippen LogP contribution in [0.4, 0.5) is 0 Å². The van der Waals surface area contributed by atoms with E-state index in [1.165, 1.54) is 0 Å². The lowest BCUT2D eigenvalue weighted by Crippen LogP contribution is -2.21. The molecule has 0 saturated carbocycles. The van der Waals surface area contributed by atoms with Crippen LogP contribution in [0, 0.1) is 0 Å². The van der Waals surface area contributed by atoms with Crippen molar-refractivity contribution in [1.29, 1.82) is 0 Å². The molecule has 1 amide bonds. The molecule has 0 bridgehead atoms. The normalized spacial score (nSPS) is 12.1. The lowest BCUT2D eigenvalue weighted by molar-refractivity contribution is -0.137. The zero-order chi connectivity index (χ0) is 11.4. The first kappa shape index (κ1) is 12.3. The Labute approximate surface area is 102 Å². The fourth-order valence-electron chi connectivity index (χ4n) is 1.03. The van der Waals surface area contributed by atoms with Gasteiger partial charge in [0.15, 0.2) is 4.67 Å². The zero-order valence-electron chi connectivity index (χ0n) is 7.37.